The number of pyridine rings is 1. The van der Waals surface area contributed by atoms with E-state index in [2.05, 4.69) is 37.4 Å². The molecule has 0 radical (unpaired) electrons. The Morgan fingerprint density at radius 2 is 2.29 bits per heavy atom. The van der Waals surface area contributed by atoms with E-state index in [0.29, 0.717) is 11.9 Å². The Morgan fingerprint density at radius 1 is 1.50 bits per heavy atom. The maximum atomic E-state index is 5.82. The Kier molecular flexibility index (Phi) is 1.70. The Balaban J connectivity index is 2.37. The maximum absolute atomic E-state index is 5.82. The standard InChI is InChI=1S/C9H9IN4/c10-8-7-6(3-4-12-9(7)11)14(13-8)5-1-2-5/h3-5H,1-2H2,(H2,11,12). The zero-order chi connectivity index (χ0) is 9.71. The van der Waals surface area contributed by atoms with Crippen LogP contribution in [0.1, 0.15) is 18.9 Å². The number of aromatic nitrogens is 3. The van der Waals surface area contributed by atoms with Crippen LogP contribution < -0.4 is 5.73 Å². The van der Waals surface area contributed by atoms with Gasteiger partial charge < -0.3 is 5.73 Å². The Bertz CT molecular complexity index is 501. The molecule has 2 heterocycles. The van der Waals surface area contributed by atoms with Gasteiger partial charge in [0.2, 0.25) is 0 Å². The van der Waals surface area contributed by atoms with E-state index >= 15 is 0 Å². The van der Waals surface area contributed by atoms with E-state index in [-0.39, 0.29) is 0 Å². The smallest absolute Gasteiger partial charge is 0.135 e. The average Bonchev–Trinajstić information content (AvgIpc) is 2.93. The molecule has 1 aliphatic rings. The molecule has 4 nitrogen and oxygen atoms in total. The van der Waals surface area contributed by atoms with Crippen molar-refractivity contribution in [3.8, 4) is 0 Å². The number of hydrogen-bond acceptors (Lipinski definition) is 3. The van der Waals surface area contributed by atoms with Crippen molar-refractivity contribution < 1.29 is 0 Å². The first-order chi connectivity index (χ1) is 6.77. The molecular formula is C9H9IN4. The quantitative estimate of drug-likeness (QED) is 0.819. The fourth-order valence-corrected chi connectivity index (χ4v) is 2.45. The number of nitrogens with zero attached hydrogens (tertiary/aromatic N) is 3. The van der Waals surface area contributed by atoms with Crippen molar-refractivity contribution in [2.75, 3.05) is 5.73 Å². The molecule has 1 fully saturated rings. The first kappa shape index (κ1) is 8.46. The molecule has 2 aromatic rings. The van der Waals surface area contributed by atoms with Gasteiger partial charge in [-0.05, 0) is 41.5 Å². The summed E-state index contributed by atoms with van der Waals surface area (Å²) in [5.41, 5.74) is 6.94. The summed E-state index contributed by atoms with van der Waals surface area (Å²) in [4.78, 5) is 4.08. The third-order valence-electron chi connectivity index (χ3n) is 2.50. The van der Waals surface area contributed by atoms with E-state index < -0.39 is 0 Å². The highest BCUT2D eigenvalue weighted by Gasteiger charge is 2.27. The average molecular weight is 300 g/mol. The van der Waals surface area contributed by atoms with Gasteiger partial charge in [0.15, 0.2) is 0 Å². The van der Waals surface area contributed by atoms with Gasteiger partial charge in [0.25, 0.3) is 0 Å². The van der Waals surface area contributed by atoms with Crippen molar-refractivity contribution >= 4 is 39.3 Å². The lowest BCUT2D eigenvalue weighted by Gasteiger charge is -1.99. The van der Waals surface area contributed by atoms with E-state index in [4.69, 9.17) is 5.73 Å². The molecule has 0 spiro atoms. The number of halogens is 1. The van der Waals surface area contributed by atoms with Gasteiger partial charge in [0.05, 0.1) is 16.9 Å². The van der Waals surface area contributed by atoms with Gasteiger partial charge >= 0.3 is 0 Å². The zero-order valence-corrected chi connectivity index (χ0v) is 9.60. The second kappa shape index (κ2) is 2.82. The number of anilines is 1. The summed E-state index contributed by atoms with van der Waals surface area (Å²) in [6.07, 6.45) is 4.21. The predicted octanol–water partition coefficient (Wildman–Crippen LogP) is 1.95. The third kappa shape index (κ3) is 1.11. The Morgan fingerprint density at radius 3 is 3.00 bits per heavy atom. The zero-order valence-electron chi connectivity index (χ0n) is 7.44. The summed E-state index contributed by atoms with van der Waals surface area (Å²) in [7, 11) is 0. The van der Waals surface area contributed by atoms with Gasteiger partial charge in [-0.1, -0.05) is 0 Å². The fraction of sp³-hybridized carbons (Fsp3) is 0.333. The van der Waals surface area contributed by atoms with Crippen LogP contribution in [0, 0.1) is 3.70 Å². The number of hydrogen-bond donors (Lipinski definition) is 1. The number of nitrogens with two attached hydrogens (primary N) is 1. The van der Waals surface area contributed by atoms with Crippen molar-refractivity contribution in [2.24, 2.45) is 0 Å². The highest BCUT2D eigenvalue weighted by atomic mass is 127. The summed E-state index contributed by atoms with van der Waals surface area (Å²) in [6.45, 7) is 0. The van der Waals surface area contributed by atoms with E-state index in [9.17, 15) is 0 Å². The second-order valence-electron chi connectivity index (χ2n) is 3.56. The van der Waals surface area contributed by atoms with E-state index in [0.717, 1.165) is 14.6 Å². The van der Waals surface area contributed by atoms with Gasteiger partial charge in [0.1, 0.15) is 9.52 Å². The molecule has 0 saturated heterocycles. The lowest BCUT2D eigenvalue weighted by atomic mass is 10.3. The van der Waals surface area contributed by atoms with Gasteiger partial charge in [-0.15, -0.1) is 0 Å². The third-order valence-corrected chi connectivity index (χ3v) is 3.25. The van der Waals surface area contributed by atoms with Crippen molar-refractivity contribution in [3.63, 3.8) is 0 Å². The molecule has 72 valence electrons. The highest BCUT2D eigenvalue weighted by Crippen LogP contribution is 2.38. The van der Waals surface area contributed by atoms with Gasteiger partial charge in [-0.3, -0.25) is 4.68 Å². The first-order valence-electron chi connectivity index (χ1n) is 4.55. The van der Waals surface area contributed by atoms with E-state index in [1.807, 2.05) is 6.07 Å². The Hall–Kier alpha value is -0.850. The van der Waals surface area contributed by atoms with E-state index in [1.54, 1.807) is 6.20 Å². The number of fused-ring (bicyclic) bond motifs is 1. The lowest BCUT2D eigenvalue weighted by molar-refractivity contribution is 0.660. The largest absolute Gasteiger partial charge is 0.383 e. The lowest BCUT2D eigenvalue weighted by Crippen LogP contribution is -1.96. The fourth-order valence-electron chi connectivity index (χ4n) is 1.67. The van der Waals surface area contributed by atoms with Crippen LogP contribution in [0.15, 0.2) is 12.3 Å². The van der Waals surface area contributed by atoms with Crippen LogP contribution in [-0.2, 0) is 0 Å². The highest BCUT2D eigenvalue weighted by molar-refractivity contribution is 14.1. The molecule has 0 unspecified atom stereocenters. The van der Waals surface area contributed by atoms with Crippen molar-refractivity contribution in [2.45, 2.75) is 18.9 Å². The molecule has 0 aromatic carbocycles. The van der Waals surface area contributed by atoms with E-state index in [1.165, 1.54) is 12.8 Å². The molecule has 1 saturated carbocycles. The number of rotatable bonds is 1. The molecule has 2 aromatic heterocycles. The normalized spacial score (nSPS) is 16.4. The predicted molar refractivity (Wildman–Crippen MR) is 62.9 cm³/mol. The minimum absolute atomic E-state index is 0.582. The van der Waals surface area contributed by atoms with Crippen LogP contribution in [0.2, 0.25) is 0 Å². The molecule has 0 amide bonds. The molecule has 0 aliphatic heterocycles. The van der Waals surface area contributed by atoms with Crippen molar-refractivity contribution in [3.05, 3.63) is 16.0 Å². The van der Waals surface area contributed by atoms with Gasteiger partial charge in [-0.25, -0.2) is 4.98 Å². The van der Waals surface area contributed by atoms with Crippen LogP contribution >= 0.6 is 22.6 Å². The van der Waals surface area contributed by atoms with Crippen molar-refractivity contribution in [1.29, 1.82) is 0 Å². The molecule has 14 heavy (non-hydrogen) atoms. The summed E-state index contributed by atoms with van der Waals surface area (Å²) in [6, 6.07) is 2.57. The van der Waals surface area contributed by atoms with Gasteiger partial charge in [0, 0.05) is 6.20 Å². The van der Waals surface area contributed by atoms with Gasteiger partial charge in [-0.2, -0.15) is 5.10 Å². The molecule has 0 bridgehead atoms. The second-order valence-corrected chi connectivity index (χ2v) is 4.58. The van der Waals surface area contributed by atoms with Crippen LogP contribution in [-0.4, -0.2) is 14.8 Å². The molecule has 1 aliphatic carbocycles. The topological polar surface area (TPSA) is 56.7 Å². The molecule has 0 atom stereocenters. The molecular weight excluding hydrogens is 291 g/mol. The minimum atomic E-state index is 0.582. The minimum Gasteiger partial charge on any atom is -0.383 e. The Labute approximate surface area is 94.6 Å². The van der Waals surface area contributed by atoms with Crippen LogP contribution in [0.5, 0.6) is 0 Å². The molecule has 5 heteroatoms. The molecule has 2 N–H and O–H groups in total. The summed E-state index contributed by atoms with van der Waals surface area (Å²) in [5, 5.41) is 5.50. The van der Waals surface area contributed by atoms with Crippen LogP contribution in [0.25, 0.3) is 10.9 Å². The van der Waals surface area contributed by atoms with Crippen LogP contribution in [0.3, 0.4) is 0 Å². The summed E-state index contributed by atoms with van der Waals surface area (Å²) in [5.74, 6) is 0.582. The summed E-state index contributed by atoms with van der Waals surface area (Å²) < 4.78 is 3.03. The first-order valence-corrected chi connectivity index (χ1v) is 5.63. The SMILES string of the molecule is Nc1nccc2c1c(I)nn2C1CC1. The summed E-state index contributed by atoms with van der Waals surface area (Å²) >= 11 is 2.21. The van der Waals surface area contributed by atoms with Crippen molar-refractivity contribution in [1.82, 2.24) is 14.8 Å². The number of nitrogen functional groups attached to an aromatic ring is 1. The monoisotopic (exact) mass is 300 g/mol. The maximum Gasteiger partial charge on any atom is 0.135 e. The molecule has 3 rings (SSSR count). The van der Waals surface area contributed by atoms with Crippen LogP contribution in [0.4, 0.5) is 5.82 Å².